The number of nitrogens with one attached hydrogen (secondary N) is 4. The zero-order chi connectivity index (χ0) is 21.3. The van der Waals surface area contributed by atoms with Crippen LogP contribution in [0.4, 0.5) is 17.2 Å². The number of hydrogen-bond donors (Lipinski definition) is 4. The fraction of sp³-hybridized carbons (Fsp3) is 0.136. The van der Waals surface area contributed by atoms with E-state index in [9.17, 15) is 9.59 Å². The summed E-state index contributed by atoms with van der Waals surface area (Å²) >= 11 is 0. The van der Waals surface area contributed by atoms with Gasteiger partial charge in [-0.3, -0.25) is 20.4 Å². The van der Waals surface area contributed by atoms with Crippen LogP contribution in [0.5, 0.6) is 5.75 Å². The minimum atomic E-state index is -0.496. The van der Waals surface area contributed by atoms with E-state index in [0.29, 0.717) is 17.3 Å². The van der Waals surface area contributed by atoms with Gasteiger partial charge >= 0.3 is 0 Å². The van der Waals surface area contributed by atoms with Crippen LogP contribution in [0.2, 0.25) is 0 Å². The quantitative estimate of drug-likeness (QED) is 0.451. The molecule has 0 fully saturated rings. The zero-order valence-corrected chi connectivity index (χ0v) is 16.7. The van der Waals surface area contributed by atoms with Crippen molar-refractivity contribution >= 4 is 29.0 Å². The lowest BCUT2D eigenvalue weighted by atomic mass is 10.2. The Morgan fingerprint density at radius 3 is 2.50 bits per heavy atom. The predicted molar refractivity (Wildman–Crippen MR) is 116 cm³/mol. The van der Waals surface area contributed by atoms with Gasteiger partial charge in [0.15, 0.2) is 0 Å². The summed E-state index contributed by atoms with van der Waals surface area (Å²) in [7, 11) is 1.56. The van der Waals surface area contributed by atoms with Gasteiger partial charge in [0.25, 0.3) is 11.8 Å². The number of pyridine rings is 1. The van der Waals surface area contributed by atoms with Gasteiger partial charge in [0.2, 0.25) is 0 Å². The van der Waals surface area contributed by atoms with Crippen molar-refractivity contribution in [3.63, 3.8) is 0 Å². The Labute approximate surface area is 174 Å². The molecule has 4 N–H and O–H groups in total. The zero-order valence-electron chi connectivity index (χ0n) is 16.7. The third-order valence-electron chi connectivity index (χ3n) is 4.23. The third kappa shape index (κ3) is 5.48. The molecule has 3 aromatic rings. The number of anilines is 3. The molecule has 30 heavy (non-hydrogen) atoms. The minimum absolute atomic E-state index is 0.0166. The largest absolute Gasteiger partial charge is 0.495 e. The molecule has 0 bridgehead atoms. The molecule has 0 aliphatic rings. The van der Waals surface area contributed by atoms with Gasteiger partial charge in [0, 0.05) is 11.9 Å². The highest BCUT2D eigenvalue weighted by Crippen LogP contribution is 2.27. The Bertz CT molecular complexity index is 1020. The summed E-state index contributed by atoms with van der Waals surface area (Å²) in [5.74, 6) is 0.0766. The number of hydrogen-bond acceptors (Lipinski definition) is 6. The number of amides is 2. The summed E-state index contributed by atoms with van der Waals surface area (Å²) in [6.07, 6.45) is 1.57. The smallest absolute Gasteiger partial charge is 0.273 e. The van der Waals surface area contributed by atoms with Crippen molar-refractivity contribution in [3.8, 4) is 5.75 Å². The van der Waals surface area contributed by atoms with E-state index in [1.54, 1.807) is 31.5 Å². The van der Waals surface area contributed by atoms with Gasteiger partial charge in [-0.05, 0) is 43.3 Å². The van der Waals surface area contributed by atoms with Gasteiger partial charge in [-0.2, -0.15) is 0 Å². The van der Waals surface area contributed by atoms with Crippen molar-refractivity contribution in [1.82, 2.24) is 15.8 Å². The van der Waals surface area contributed by atoms with E-state index in [4.69, 9.17) is 4.74 Å². The van der Waals surface area contributed by atoms with E-state index in [-0.39, 0.29) is 18.0 Å². The van der Waals surface area contributed by atoms with Gasteiger partial charge in [-0.15, -0.1) is 0 Å². The number of aromatic nitrogens is 1. The number of methoxy groups -OCH3 is 1. The summed E-state index contributed by atoms with van der Waals surface area (Å²) in [6.45, 7) is 2.00. The number of para-hydroxylation sites is 2. The lowest BCUT2D eigenvalue weighted by molar-refractivity contribution is -0.120. The molecule has 0 atom stereocenters. The highest BCUT2D eigenvalue weighted by atomic mass is 16.5. The first kappa shape index (κ1) is 20.7. The second-order valence-corrected chi connectivity index (χ2v) is 6.45. The molecule has 154 valence electrons. The predicted octanol–water partition coefficient (Wildman–Crippen LogP) is 3.02. The van der Waals surface area contributed by atoms with Gasteiger partial charge in [-0.25, -0.2) is 4.98 Å². The lowest BCUT2D eigenvalue weighted by Crippen LogP contribution is -2.44. The van der Waals surface area contributed by atoms with Crippen molar-refractivity contribution in [2.75, 3.05) is 24.3 Å². The Kier molecular flexibility index (Phi) is 6.83. The number of rotatable bonds is 7. The van der Waals surface area contributed by atoms with E-state index in [2.05, 4.69) is 26.5 Å². The number of carbonyl (C=O) groups is 2. The van der Waals surface area contributed by atoms with E-state index < -0.39 is 5.91 Å². The van der Waals surface area contributed by atoms with Crippen LogP contribution in [-0.4, -0.2) is 30.5 Å². The Balaban J connectivity index is 1.59. The highest BCUT2D eigenvalue weighted by molar-refractivity contribution is 6.00. The molecule has 0 saturated heterocycles. The van der Waals surface area contributed by atoms with Crippen molar-refractivity contribution in [3.05, 3.63) is 78.0 Å². The number of ether oxygens (including phenoxy) is 1. The van der Waals surface area contributed by atoms with Crippen LogP contribution >= 0.6 is 0 Å². The Hall–Kier alpha value is -4.07. The molecule has 0 aliphatic heterocycles. The maximum atomic E-state index is 12.6. The monoisotopic (exact) mass is 405 g/mol. The molecule has 3 rings (SSSR count). The average molecular weight is 405 g/mol. The second-order valence-electron chi connectivity index (χ2n) is 6.45. The lowest BCUT2D eigenvalue weighted by Gasteiger charge is -2.14. The molecule has 0 radical (unpaired) electrons. The van der Waals surface area contributed by atoms with Crippen molar-refractivity contribution < 1.29 is 14.3 Å². The molecule has 8 heteroatoms. The molecular weight excluding hydrogens is 382 g/mol. The van der Waals surface area contributed by atoms with Gasteiger partial charge in [-0.1, -0.05) is 29.8 Å². The summed E-state index contributed by atoms with van der Waals surface area (Å²) in [5, 5.41) is 6.08. The maximum Gasteiger partial charge on any atom is 0.273 e. The molecule has 2 amide bonds. The minimum Gasteiger partial charge on any atom is -0.495 e. The molecule has 1 aromatic heterocycles. The number of nitrogens with zero attached hydrogens (tertiary/aromatic N) is 1. The van der Waals surface area contributed by atoms with E-state index in [1.807, 2.05) is 49.4 Å². The average Bonchev–Trinajstić information content (AvgIpc) is 2.78. The fourth-order valence-corrected chi connectivity index (χ4v) is 2.66. The molecular formula is C22H23N5O3. The first-order valence-corrected chi connectivity index (χ1v) is 9.31. The van der Waals surface area contributed by atoms with Crippen LogP contribution in [0, 0.1) is 6.92 Å². The maximum absolute atomic E-state index is 12.6. The van der Waals surface area contributed by atoms with Crippen molar-refractivity contribution in [2.24, 2.45) is 0 Å². The standard InChI is InChI=1S/C22H23N5O3/c1-15-9-11-16(12-10-15)24-14-20(28)26-27-22(29)17-6-5-13-23-21(17)25-18-7-3-4-8-19(18)30-2/h3-13,24H,14H2,1-2H3,(H,23,25)(H,26,28)(H,27,29). The van der Waals surface area contributed by atoms with Crippen LogP contribution in [0.1, 0.15) is 15.9 Å². The highest BCUT2D eigenvalue weighted by Gasteiger charge is 2.14. The Morgan fingerprint density at radius 2 is 1.73 bits per heavy atom. The first-order chi connectivity index (χ1) is 14.6. The Morgan fingerprint density at radius 1 is 0.967 bits per heavy atom. The van der Waals surface area contributed by atoms with Gasteiger partial charge in [0.05, 0.1) is 24.9 Å². The summed E-state index contributed by atoms with van der Waals surface area (Å²) in [6, 6.07) is 18.2. The molecule has 0 saturated carbocycles. The summed E-state index contributed by atoms with van der Waals surface area (Å²) < 4.78 is 5.31. The van der Waals surface area contributed by atoms with E-state index >= 15 is 0 Å². The normalized spacial score (nSPS) is 10.1. The number of benzene rings is 2. The molecule has 0 unspecified atom stereocenters. The summed E-state index contributed by atoms with van der Waals surface area (Å²) in [4.78, 5) is 28.8. The van der Waals surface area contributed by atoms with Crippen LogP contribution < -0.4 is 26.2 Å². The molecule has 8 nitrogen and oxygen atoms in total. The van der Waals surface area contributed by atoms with Crippen molar-refractivity contribution in [1.29, 1.82) is 0 Å². The van der Waals surface area contributed by atoms with E-state index in [0.717, 1.165) is 11.3 Å². The third-order valence-corrected chi connectivity index (χ3v) is 4.23. The van der Waals surface area contributed by atoms with Crippen LogP contribution in [0.15, 0.2) is 66.9 Å². The number of hydrazine groups is 1. The molecule has 2 aromatic carbocycles. The number of aryl methyl sites for hydroxylation is 1. The van der Waals surface area contributed by atoms with Crippen LogP contribution in [-0.2, 0) is 4.79 Å². The SMILES string of the molecule is COc1ccccc1Nc1ncccc1C(=O)NNC(=O)CNc1ccc(C)cc1. The number of carbonyl (C=O) groups excluding carboxylic acids is 2. The summed E-state index contributed by atoms with van der Waals surface area (Å²) in [5.41, 5.74) is 7.69. The van der Waals surface area contributed by atoms with Gasteiger partial charge in [0.1, 0.15) is 11.6 Å². The van der Waals surface area contributed by atoms with Crippen molar-refractivity contribution in [2.45, 2.75) is 6.92 Å². The fourth-order valence-electron chi connectivity index (χ4n) is 2.66. The molecule has 1 heterocycles. The first-order valence-electron chi connectivity index (χ1n) is 9.31. The topological polar surface area (TPSA) is 104 Å². The van der Waals surface area contributed by atoms with Crippen LogP contribution in [0.3, 0.4) is 0 Å². The van der Waals surface area contributed by atoms with Crippen LogP contribution in [0.25, 0.3) is 0 Å². The molecule has 0 spiro atoms. The molecule has 0 aliphatic carbocycles. The van der Waals surface area contributed by atoms with E-state index in [1.165, 1.54) is 0 Å². The van der Waals surface area contributed by atoms with Gasteiger partial charge < -0.3 is 15.4 Å². The second kappa shape index (κ2) is 9.92.